The summed E-state index contributed by atoms with van der Waals surface area (Å²) >= 11 is 0. The molecular weight excluding hydrogens is 239 g/mol. The number of halogens is 3. The lowest BCUT2D eigenvalue weighted by Crippen LogP contribution is -2.14. The van der Waals surface area contributed by atoms with Gasteiger partial charge in [0, 0.05) is 0 Å². The van der Waals surface area contributed by atoms with Crippen LogP contribution < -0.4 is 5.32 Å². The zero-order valence-electron chi connectivity index (χ0n) is 10.4. The molecule has 1 nitrogen and oxygen atoms in total. The molecular formula is C14H18F3N. The van der Waals surface area contributed by atoms with Gasteiger partial charge < -0.3 is 5.32 Å². The van der Waals surface area contributed by atoms with Gasteiger partial charge in [0.2, 0.25) is 0 Å². The van der Waals surface area contributed by atoms with Crippen LogP contribution in [0.25, 0.3) is 0 Å². The summed E-state index contributed by atoms with van der Waals surface area (Å²) in [7, 11) is 1.87. The van der Waals surface area contributed by atoms with E-state index in [2.05, 4.69) is 5.32 Å². The molecule has 0 radical (unpaired) electrons. The van der Waals surface area contributed by atoms with E-state index in [-0.39, 0.29) is 5.92 Å². The Hall–Kier alpha value is -1.03. The van der Waals surface area contributed by atoms with E-state index in [9.17, 15) is 13.2 Å². The van der Waals surface area contributed by atoms with E-state index in [0.717, 1.165) is 37.4 Å². The molecule has 0 saturated heterocycles. The average molecular weight is 257 g/mol. The van der Waals surface area contributed by atoms with Crippen LogP contribution in [0, 0.1) is 5.92 Å². The lowest BCUT2D eigenvalue weighted by Gasteiger charge is -2.18. The third-order valence-electron chi connectivity index (χ3n) is 3.54. The quantitative estimate of drug-likeness (QED) is 0.845. The molecule has 1 unspecified atom stereocenters. The van der Waals surface area contributed by atoms with Crippen LogP contribution in [0.15, 0.2) is 24.3 Å². The van der Waals surface area contributed by atoms with E-state index < -0.39 is 11.7 Å². The maximum Gasteiger partial charge on any atom is 0.416 e. The molecule has 100 valence electrons. The summed E-state index contributed by atoms with van der Waals surface area (Å²) in [5.41, 5.74) is 0.303. The summed E-state index contributed by atoms with van der Waals surface area (Å²) in [5.74, 6) is 0.835. The second-order valence-corrected chi connectivity index (χ2v) is 4.96. The lowest BCUT2D eigenvalue weighted by atomic mass is 9.90. The molecule has 1 atom stereocenters. The van der Waals surface area contributed by atoms with E-state index in [4.69, 9.17) is 0 Å². The van der Waals surface area contributed by atoms with E-state index in [1.165, 1.54) is 12.1 Å². The summed E-state index contributed by atoms with van der Waals surface area (Å²) < 4.78 is 38.1. The molecule has 1 aliphatic rings. The number of hydrogen-bond acceptors (Lipinski definition) is 1. The van der Waals surface area contributed by atoms with E-state index >= 15 is 0 Å². The van der Waals surface area contributed by atoms with Gasteiger partial charge in [0.25, 0.3) is 0 Å². The summed E-state index contributed by atoms with van der Waals surface area (Å²) in [6, 6.07) is 5.81. The first-order valence-electron chi connectivity index (χ1n) is 6.34. The van der Waals surface area contributed by atoms with Crippen LogP contribution in [0.4, 0.5) is 13.2 Å². The molecule has 1 aliphatic carbocycles. The Morgan fingerprint density at radius 1 is 1.33 bits per heavy atom. The van der Waals surface area contributed by atoms with Crippen LogP contribution in [0.3, 0.4) is 0 Å². The lowest BCUT2D eigenvalue weighted by molar-refractivity contribution is -0.137. The minimum atomic E-state index is -4.24. The number of alkyl halides is 3. The predicted octanol–water partition coefficient (Wildman–Crippen LogP) is 3.81. The normalized spacial score (nSPS) is 17.8. The molecule has 1 aromatic carbocycles. The molecule has 1 saturated carbocycles. The molecule has 1 fully saturated rings. The zero-order chi connectivity index (χ0) is 13.2. The highest BCUT2D eigenvalue weighted by molar-refractivity contribution is 5.29. The van der Waals surface area contributed by atoms with Gasteiger partial charge in [0.05, 0.1) is 5.56 Å². The van der Waals surface area contributed by atoms with Crippen molar-refractivity contribution >= 4 is 0 Å². The molecule has 0 heterocycles. The van der Waals surface area contributed by atoms with Gasteiger partial charge >= 0.3 is 6.18 Å². The maximum atomic E-state index is 12.7. The third-order valence-corrected chi connectivity index (χ3v) is 3.54. The van der Waals surface area contributed by atoms with Gasteiger partial charge in [-0.3, -0.25) is 0 Å². The van der Waals surface area contributed by atoms with E-state index in [0.29, 0.717) is 5.92 Å². The van der Waals surface area contributed by atoms with Crippen molar-refractivity contribution in [2.75, 3.05) is 13.6 Å². The highest BCUT2D eigenvalue weighted by atomic mass is 19.4. The van der Waals surface area contributed by atoms with E-state index in [1.807, 2.05) is 13.1 Å². The largest absolute Gasteiger partial charge is 0.416 e. The fourth-order valence-corrected chi connectivity index (χ4v) is 2.42. The molecule has 0 aliphatic heterocycles. The van der Waals surface area contributed by atoms with Gasteiger partial charge in [-0.1, -0.05) is 18.2 Å². The molecule has 1 N–H and O–H groups in total. The van der Waals surface area contributed by atoms with Crippen LogP contribution in [0.2, 0.25) is 0 Å². The van der Waals surface area contributed by atoms with Crippen LogP contribution >= 0.6 is 0 Å². The van der Waals surface area contributed by atoms with Gasteiger partial charge in [0.15, 0.2) is 0 Å². The zero-order valence-corrected chi connectivity index (χ0v) is 10.4. The number of hydrogen-bond donors (Lipinski definition) is 1. The Labute approximate surface area is 105 Å². The molecule has 0 bridgehead atoms. The van der Waals surface area contributed by atoms with Crippen LogP contribution in [0.5, 0.6) is 0 Å². The number of nitrogens with one attached hydrogen (secondary N) is 1. The highest BCUT2D eigenvalue weighted by Gasteiger charge is 2.34. The first kappa shape index (κ1) is 13.4. The van der Waals surface area contributed by atoms with Gasteiger partial charge in [0.1, 0.15) is 0 Å². The topological polar surface area (TPSA) is 12.0 Å². The molecule has 0 aromatic heterocycles. The second-order valence-electron chi connectivity index (χ2n) is 4.96. The van der Waals surface area contributed by atoms with Crippen LogP contribution in [-0.2, 0) is 6.18 Å². The second kappa shape index (κ2) is 5.31. The highest BCUT2D eigenvalue weighted by Crippen LogP contribution is 2.45. The number of benzene rings is 1. The third kappa shape index (κ3) is 3.25. The van der Waals surface area contributed by atoms with Crippen molar-refractivity contribution in [1.29, 1.82) is 0 Å². The van der Waals surface area contributed by atoms with Crippen molar-refractivity contribution in [2.24, 2.45) is 5.92 Å². The molecule has 4 heteroatoms. The van der Waals surface area contributed by atoms with Crippen LogP contribution in [-0.4, -0.2) is 13.6 Å². The average Bonchev–Trinajstić information content (AvgIpc) is 3.13. The molecule has 0 spiro atoms. The SMILES string of the molecule is CNCCC(c1cccc(C(F)(F)F)c1)C1CC1. The molecule has 1 aromatic rings. The van der Waals surface area contributed by atoms with Crippen molar-refractivity contribution in [2.45, 2.75) is 31.4 Å². The Morgan fingerprint density at radius 3 is 2.61 bits per heavy atom. The van der Waals surface area contributed by atoms with Gasteiger partial charge in [-0.2, -0.15) is 13.2 Å². The minimum absolute atomic E-state index is 0.264. The van der Waals surface area contributed by atoms with Gasteiger partial charge in [-0.15, -0.1) is 0 Å². The predicted molar refractivity (Wildman–Crippen MR) is 65.5 cm³/mol. The van der Waals surface area contributed by atoms with Crippen LogP contribution in [0.1, 0.15) is 36.3 Å². The smallest absolute Gasteiger partial charge is 0.320 e. The maximum absolute atomic E-state index is 12.7. The number of rotatable bonds is 5. The first-order chi connectivity index (χ1) is 8.52. The summed E-state index contributed by atoms with van der Waals surface area (Å²) in [6.07, 6.45) is -1.05. The Balaban J connectivity index is 2.19. The standard InChI is InChI=1S/C14H18F3N/c1-18-8-7-13(10-5-6-10)11-3-2-4-12(9-11)14(15,16)17/h2-4,9-10,13,18H,5-8H2,1H3. The fraction of sp³-hybridized carbons (Fsp3) is 0.571. The van der Waals surface area contributed by atoms with E-state index in [1.54, 1.807) is 0 Å². The monoisotopic (exact) mass is 257 g/mol. The molecule has 2 rings (SSSR count). The fourth-order valence-electron chi connectivity index (χ4n) is 2.42. The van der Waals surface area contributed by atoms with Crippen molar-refractivity contribution in [1.82, 2.24) is 5.32 Å². The summed E-state index contributed by atoms with van der Waals surface area (Å²) in [5, 5.41) is 3.07. The van der Waals surface area contributed by atoms with Crippen molar-refractivity contribution in [3.8, 4) is 0 Å². The van der Waals surface area contributed by atoms with Crippen molar-refractivity contribution in [3.63, 3.8) is 0 Å². The van der Waals surface area contributed by atoms with Crippen molar-refractivity contribution in [3.05, 3.63) is 35.4 Å². The minimum Gasteiger partial charge on any atom is -0.320 e. The Morgan fingerprint density at radius 2 is 2.06 bits per heavy atom. The van der Waals surface area contributed by atoms with Gasteiger partial charge in [-0.05, 0) is 56.3 Å². The molecule has 0 amide bonds. The van der Waals surface area contributed by atoms with Crippen molar-refractivity contribution < 1.29 is 13.2 Å². The summed E-state index contributed by atoms with van der Waals surface area (Å²) in [4.78, 5) is 0. The first-order valence-corrected chi connectivity index (χ1v) is 6.34. The summed E-state index contributed by atoms with van der Waals surface area (Å²) in [6.45, 7) is 0.845. The Kier molecular flexibility index (Phi) is 3.95. The Bertz CT molecular complexity index is 396. The molecule has 18 heavy (non-hydrogen) atoms. The van der Waals surface area contributed by atoms with Gasteiger partial charge in [-0.25, -0.2) is 0 Å².